The van der Waals surface area contributed by atoms with Gasteiger partial charge in [-0.2, -0.15) is 0 Å². The average molecular weight is 214 g/mol. The number of imidazole rings is 1. The molecule has 0 saturated heterocycles. The topological polar surface area (TPSA) is 74.0 Å². The zero-order chi connectivity index (χ0) is 11.1. The minimum absolute atomic E-state index is 0.600. The van der Waals surface area contributed by atoms with Crippen LogP contribution in [0.15, 0.2) is 31.0 Å². The number of hydrogen-bond acceptors (Lipinski definition) is 4. The molecule has 0 aromatic carbocycles. The highest BCUT2D eigenvalue weighted by Crippen LogP contribution is 2.17. The van der Waals surface area contributed by atoms with Gasteiger partial charge < -0.3 is 10.3 Å². The van der Waals surface area contributed by atoms with Gasteiger partial charge in [0.2, 0.25) is 0 Å². The van der Waals surface area contributed by atoms with Crippen LogP contribution in [-0.4, -0.2) is 24.1 Å². The Hall–Kier alpha value is -2.37. The fourth-order valence-electron chi connectivity index (χ4n) is 1.73. The predicted molar refractivity (Wildman–Crippen MR) is 59.3 cm³/mol. The summed E-state index contributed by atoms with van der Waals surface area (Å²) >= 11 is 0. The highest BCUT2D eigenvalue weighted by molar-refractivity contribution is 5.66. The number of nitrogens with two attached hydrogens (primary N) is 1. The van der Waals surface area contributed by atoms with Crippen LogP contribution in [0.5, 0.6) is 0 Å². The minimum Gasteiger partial charge on any atom is -0.396 e. The molecule has 0 spiro atoms. The number of rotatable bonds is 1. The molecule has 2 N–H and O–H groups in total. The first kappa shape index (κ1) is 8.90. The molecule has 6 heteroatoms. The zero-order valence-corrected chi connectivity index (χ0v) is 8.70. The van der Waals surface area contributed by atoms with Gasteiger partial charge in [0.05, 0.1) is 11.4 Å². The van der Waals surface area contributed by atoms with Crippen molar-refractivity contribution >= 4 is 11.3 Å². The van der Waals surface area contributed by atoms with Crippen LogP contribution in [0.2, 0.25) is 0 Å². The number of aryl methyl sites for hydroxylation is 1. The van der Waals surface area contributed by atoms with Crippen LogP contribution in [0, 0.1) is 6.92 Å². The Morgan fingerprint density at radius 1 is 1.38 bits per heavy atom. The summed E-state index contributed by atoms with van der Waals surface area (Å²) in [6.45, 7) is 1.94. The first-order valence-electron chi connectivity index (χ1n) is 4.85. The highest BCUT2D eigenvalue weighted by Gasteiger charge is 2.06. The normalized spacial score (nSPS) is 11.1. The smallest absolute Gasteiger partial charge is 0.183 e. The third-order valence-electron chi connectivity index (χ3n) is 2.51. The summed E-state index contributed by atoms with van der Waals surface area (Å²) in [5, 5.41) is 7.74. The number of aromatic nitrogens is 5. The van der Waals surface area contributed by atoms with Gasteiger partial charge in [0.15, 0.2) is 5.65 Å². The fourth-order valence-corrected chi connectivity index (χ4v) is 1.73. The van der Waals surface area contributed by atoms with Crippen LogP contribution in [0.1, 0.15) is 5.82 Å². The molecule has 0 atom stereocenters. The van der Waals surface area contributed by atoms with Crippen LogP contribution in [-0.2, 0) is 0 Å². The van der Waals surface area contributed by atoms with E-state index in [4.69, 9.17) is 5.73 Å². The molecular weight excluding hydrogens is 204 g/mol. The second-order valence-electron chi connectivity index (χ2n) is 3.56. The van der Waals surface area contributed by atoms with Gasteiger partial charge >= 0.3 is 0 Å². The first-order valence-corrected chi connectivity index (χ1v) is 4.85. The Labute approximate surface area is 91.4 Å². The molecule has 0 fully saturated rings. The molecule has 80 valence electrons. The summed E-state index contributed by atoms with van der Waals surface area (Å²) in [7, 11) is 0. The predicted octanol–water partition coefficient (Wildman–Crippen LogP) is 0.806. The highest BCUT2D eigenvalue weighted by atomic mass is 15.2. The van der Waals surface area contributed by atoms with Crippen LogP contribution >= 0.6 is 0 Å². The molecule has 0 aliphatic heterocycles. The SMILES string of the molecule is Cc1nccn1-c1cc(N)c2nncn2c1. The second kappa shape index (κ2) is 3.06. The molecule has 0 bridgehead atoms. The number of nitrogens with zero attached hydrogens (tertiary/aromatic N) is 5. The molecule has 0 amide bonds. The van der Waals surface area contributed by atoms with E-state index in [1.807, 2.05) is 30.0 Å². The third kappa shape index (κ3) is 1.16. The number of anilines is 1. The van der Waals surface area contributed by atoms with E-state index in [1.165, 1.54) is 0 Å². The Balaban J connectivity index is 2.29. The molecule has 3 aromatic rings. The number of fused-ring (bicyclic) bond motifs is 1. The van der Waals surface area contributed by atoms with E-state index in [0.29, 0.717) is 11.3 Å². The number of hydrogen-bond donors (Lipinski definition) is 1. The lowest BCUT2D eigenvalue weighted by Crippen LogP contribution is -2.00. The first-order chi connectivity index (χ1) is 7.75. The number of nitrogen functional groups attached to an aromatic ring is 1. The van der Waals surface area contributed by atoms with E-state index >= 15 is 0 Å². The van der Waals surface area contributed by atoms with Crippen LogP contribution < -0.4 is 5.73 Å². The van der Waals surface area contributed by atoms with Gasteiger partial charge in [-0.05, 0) is 13.0 Å². The molecule has 0 saturated carbocycles. The van der Waals surface area contributed by atoms with E-state index in [9.17, 15) is 0 Å². The van der Waals surface area contributed by atoms with Gasteiger partial charge in [0, 0.05) is 18.6 Å². The van der Waals surface area contributed by atoms with Crippen molar-refractivity contribution in [2.75, 3.05) is 5.73 Å². The summed E-state index contributed by atoms with van der Waals surface area (Å²) in [4.78, 5) is 4.17. The minimum atomic E-state index is 0.600. The fraction of sp³-hybridized carbons (Fsp3) is 0.100. The summed E-state index contributed by atoms with van der Waals surface area (Å²) in [5.74, 6) is 0.909. The van der Waals surface area contributed by atoms with Crippen LogP contribution in [0.4, 0.5) is 5.69 Å². The lowest BCUT2D eigenvalue weighted by atomic mass is 10.3. The summed E-state index contributed by atoms with van der Waals surface area (Å²) < 4.78 is 3.75. The van der Waals surface area contributed by atoms with Gasteiger partial charge in [0.1, 0.15) is 12.2 Å². The van der Waals surface area contributed by atoms with Gasteiger partial charge in [-0.3, -0.25) is 4.40 Å². The van der Waals surface area contributed by atoms with Gasteiger partial charge in [-0.1, -0.05) is 0 Å². The number of pyridine rings is 1. The molecule has 6 nitrogen and oxygen atoms in total. The Morgan fingerprint density at radius 2 is 2.25 bits per heavy atom. The monoisotopic (exact) mass is 214 g/mol. The van der Waals surface area contributed by atoms with Gasteiger partial charge in [-0.15, -0.1) is 10.2 Å². The van der Waals surface area contributed by atoms with Crippen molar-refractivity contribution in [3.8, 4) is 5.69 Å². The van der Waals surface area contributed by atoms with Crippen LogP contribution in [0.3, 0.4) is 0 Å². The van der Waals surface area contributed by atoms with Crippen molar-refractivity contribution in [1.29, 1.82) is 0 Å². The molecule has 0 radical (unpaired) electrons. The molecular formula is C10H10N6. The van der Waals surface area contributed by atoms with Crippen LogP contribution in [0.25, 0.3) is 11.3 Å². The van der Waals surface area contributed by atoms with E-state index in [1.54, 1.807) is 16.9 Å². The molecule has 0 aliphatic rings. The molecule has 0 unspecified atom stereocenters. The quantitative estimate of drug-likeness (QED) is 0.650. The van der Waals surface area contributed by atoms with Gasteiger partial charge in [0.25, 0.3) is 0 Å². The maximum atomic E-state index is 5.90. The summed E-state index contributed by atoms with van der Waals surface area (Å²) in [6, 6.07) is 1.86. The van der Waals surface area contributed by atoms with Crippen molar-refractivity contribution in [1.82, 2.24) is 24.1 Å². The van der Waals surface area contributed by atoms with Crippen molar-refractivity contribution < 1.29 is 0 Å². The van der Waals surface area contributed by atoms with Crippen molar-refractivity contribution in [3.05, 3.63) is 36.8 Å². The molecule has 3 rings (SSSR count). The second-order valence-corrected chi connectivity index (χ2v) is 3.56. The largest absolute Gasteiger partial charge is 0.396 e. The standard InChI is InChI=1S/C10H10N6/c1-7-12-2-3-16(7)8-4-9(11)10-14-13-6-15(10)5-8/h2-6H,11H2,1H3. The Kier molecular flexibility index (Phi) is 1.70. The molecule has 16 heavy (non-hydrogen) atoms. The summed E-state index contributed by atoms with van der Waals surface area (Å²) in [6.07, 6.45) is 7.18. The van der Waals surface area contributed by atoms with Crippen molar-refractivity contribution in [2.24, 2.45) is 0 Å². The lowest BCUT2D eigenvalue weighted by molar-refractivity contribution is 0.958. The van der Waals surface area contributed by atoms with Gasteiger partial charge in [-0.25, -0.2) is 4.98 Å². The van der Waals surface area contributed by atoms with Crippen molar-refractivity contribution in [3.63, 3.8) is 0 Å². The average Bonchev–Trinajstić information content (AvgIpc) is 2.85. The van der Waals surface area contributed by atoms with E-state index in [-0.39, 0.29) is 0 Å². The molecule has 0 aliphatic carbocycles. The molecule has 3 heterocycles. The van der Waals surface area contributed by atoms with E-state index in [0.717, 1.165) is 11.5 Å². The Bertz CT molecular complexity index is 650. The lowest BCUT2D eigenvalue weighted by Gasteiger charge is -2.06. The Morgan fingerprint density at radius 3 is 3.00 bits per heavy atom. The van der Waals surface area contributed by atoms with Crippen molar-refractivity contribution in [2.45, 2.75) is 6.92 Å². The third-order valence-corrected chi connectivity index (χ3v) is 2.51. The van der Waals surface area contributed by atoms with E-state index in [2.05, 4.69) is 15.2 Å². The summed E-state index contributed by atoms with van der Waals surface area (Å²) in [5.41, 5.74) is 8.11. The van der Waals surface area contributed by atoms with E-state index < -0.39 is 0 Å². The maximum Gasteiger partial charge on any atom is 0.183 e. The molecule has 3 aromatic heterocycles. The maximum absolute atomic E-state index is 5.90. The zero-order valence-electron chi connectivity index (χ0n) is 8.70.